The van der Waals surface area contributed by atoms with Crippen LogP contribution in [0.3, 0.4) is 0 Å². The molecule has 4 nitrogen and oxygen atoms in total. The van der Waals surface area contributed by atoms with E-state index in [1.54, 1.807) is 19.2 Å². The molecule has 0 saturated heterocycles. The number of aryl methyl sites for hydroxylation is 1. The van der Waals surface area contributed by atoms with Gasteiger partial charge in [-0.1, -0.05) is 12.1 Å². The smallest absolute Gasteiger partial charge is 0.215 e. The molecule has 2 aromatic rings. The van der Waals surface area contributed by atoms with Gasteiger partial charge in [-0.25, -0.2) is 9.07 Å². The first-order valence-corrected chi connectivity index (χ1v) is 6.68. The highest BCUT2D eigenvalue weighted by atomic mass is 19.1. The van der Waals surface area contributed by atoms with Crippen molar-refractivity contribution in [3.8, 4) is 17.1 Å². The van der Waals surface area contributed by atoms with E-state index in [0.717, 1.165) is 24.4 Å². The molecule has 0 fully saturated rings. The molecule has 0 bridgehead atoms. The summed E-state index contributed by atoms with van der Waals surface area (Å²) in [5.74, 6) is 0.455. The van der Waals surface area contributed by atoms with Gasteiger partial charge in [0.1, 0.15) is 17.6 Å². The van der Waals surface area contributed by atoms with E-state index in [0.29, 0.717) is 17.9 Å². The van der Waals surface area contributed by atoms with Crippen molar-refractivity contribution < 1.29 is 13.9 Å². The number of rotatable bonds is 3. The lowest BCUT2D eigenvalue weighted by molar-refractivity contribution is 0.0486. The lowest BCUT2D eigenvalue weighted by Gasteiger charge is -2.24. The quantitative estimate of drug-likeness (QED) is 0.865. The Kier molecular flexibility index (Phi) is 3.44. The standard InChI is InChI=1S/C15H17FN2O2/c1-10-14(12-5-3-4-6-13(12)16)17-18-8-7-11(9-19-2)20-15(10)18/h3-6,11H,7-9H2,1-2H3/t11-/m1/s1. The molecule has 0 unspecified atom stereocenters. The van der Waals surface area contributed by atoms with Gasteiger partial charge in [0.15, 0.2) is 0 Å². The van der Waals surface area contributed by atoms with Crippen LogP contribution in [-0.2, 0) is 11.3 Å². The number of halogens is 1. The third-order valence-corrected chi connectivity index (χ3v) is 3.55. The Hall–Kier alpha value is -1.88. The molecule has 1 aromatic carbocycles. The van der Waals surface area contributed by atoms with Gasteiger partial charge in [0.2, 0.25) is 5.88 Å². The van der Waals surface area contributed by atoms with Gasteiger partial charge in [0.25, 0.3) is 0 Å². The number of hydrogen-bond donors (Lipinski definition) is 0. The lowest BCUT2D eigenvalue weighted by Crippen LogP contribution is -2.30. The highest BCUT2D eigenvalue weighted by molar-refractivity contribution is 5.65. The summed E-state index contributed by atoms with van der Waals surface area (Å²) in [7, 11) is 1.66. The second kappa shape index (κ2) is 5.25. The fourth-order valence-corrected chi connectivity index (χ4v) is 2.53. The zero-order valence-electron chi connectivity index (χ0n) is 11.6. The Balaban J connectivity index is 1.99. The minimum absolute atomic E-state index is 0.0383. The van der Waals surface area contributed by atoms with Gasteiger partial charge in [-0.15, -0.1) is 0 Å². The molecule has 0 spiro atoms. The largest absolute Gasteiger partial charge is 0.472 e. The van der Waals surface area contributed by atoms with E-state index in [1.807, 2.05) is 17.7 Å². The van der Waals surface area contributed by atoms with Crippen LogP contribution in [0, 0.1) is 12.7 Å². The number of ether oxygens (including phenoxy) is 2. The molecule has 5 heteroatoms. The molecule has 0 N–H and O–H groups in total. The van der Waals surface area contributed by atoms with Crippen LogP contribution >= 0.6 is 0 Å². The number of aromatic nitrogens is 2. The summed E-state index contributed by atoms with van der Waals surface area (Å²) in [6.45, 7) is 3.23. The Labute approximate surface area is 117 Å². The minimum Gasteiger partial charge on any atom is -0.472 e. The Morgan fingerprint density at radius 2 is 2.25 bits per heavy atom. The van der Waals surface area contributed by atoms with Crippen LogP contribution in [0.5, 0.6) is 5.88 Å². The summed E-state index contributed by atoms with van der Waals surface area (Å²) >= 11 is 0. The molecular weight excluding hydrogens is 259 g/mol. The first-order chi connectivity index (χ1) is 9.70. The number of hydrogen-bond acceptors (Lipinski definition) is 3. The molecule has 1 aliphatic rings. The normalized spacial score (nSPS) is 17.6. The number of fused-ring (bicyclic) bond motifs is 1. The Morgan fingerprint density at radius 3 is 3.00 bits per heavy atom. The third-order valence-electron chi connectivity index (χ3n) is 3.55. The molecule has 1 aromatic heterocycles. The predicted octanol–water partition coefficient (Wildman–Crippen LogP) is 2.80. The SMILES string of the molecule is COC[C@H]1CCn2nc(-c3ccccc3F)c(C)c2O1. The van der Waals surface area contributed by atoms with E-state index in [-0.39, 0.29) is 11.9 Å². The third kappa shape index (κ3) is 2.18. The average molecular weight is 276 g/mol. The van der Waals surface area contributed by atoms with Crippen LogP contribution in [0.2, 0.25) is 0 Å². The number of benzene rings is 1. The zero-order valence-corrected chi connectivity index (χ0v) is 11.6. The number of nitrogens with zero attached hydrogens (tertiary/aromatic N) is 2. The molecule has 2 heterocycles. The topological polar surface area (TPSA) is 36.3 Å². The van der Waals surface area contributed by atoms with Crippen LogP contribution < -0.4 is 4.74 Å². The maximum absolute atomic E-state index is 13.9. The van der Waals surface area contributed by atoms with E-state index >= 15 is 0 Å². The van der Waals surface area contributed by atoms with Crippen molar-refractivity contribution in [2.24, 2.45) is 0 Å². The van der Waals surface area contributed by atoms with Crippen molar-refractivity contribution in [3.05, 3.63) is 35.6 Å². The second-order valence-corrected chi connectivity index (χ2v) is 4.97. The Morgan fingerprint density at radius 1 is 1.45 bits per heavy atom. The van der Waals surface area contributed by atoms with E-state index < -0.39 is 0 Å². The maximum atomic E-state index is 13.9. The molecule has 0 radical (unpaired) electrons. The molecule has 1 atom stereocenters. The van der Waals surface area contributed by atoms with E-state index in [1.165, 1.54) is 6.07 Å². The molecule has 1 aliphatic heterocycles. The molecule has 20 heavy (non-hydrogen) atoms. The van der Waals surface area contributed by atoms with Crippen LogP contribution in [0.1, 0.15) is 12.0 Å². The second-order valence-electron chi connectivity index (χ2n) is 4.97. The van der Waals surface area contributed by atoms with Crippen LogP contribution in [0.15, 0.2) is 24.3 Å². The van der Waals surface area contributed by atoms with E-state index in [2.05, 4.69) is 5.10 Å². The molecule has 106 valence electrons. The molecule has 0 amide bonds. The monoisotopic (exact) mass is 276 g/mol. The van der Waals surface area contributed by atoms with Crippen LogP contribution in [-0.4, -0.2) is 29.6 Å². The molecular formula is C15H17FN2O2. The van der Waals surface area contributed by atoms with Crippen molar-refractivity contribution in [1.29, 1.82) is 0 Å². The van der Waals surface area contributed by atoms with Crippen LogP contribution in [0.4, 0.5) is 4.39 Å². The molecule has 0 aliphatic carbocycles. The van der Waals surface area contributed by atoms with Crippen molar-refractivity contribution in [2.45, 2.75) is 26.0 Å². The van der Waals surface area contributed by atoms with Gasteiger partial charge >= 0.3 is 0 Å². The predicted molar refractivity (Wildman–Crippen MR) is 73.3 cm³/mol. The first-order valence-electron chi connectivity index (χ1n) is 6.68. The highest BCUT2D eigenvalue weighted by Gasteiger charge is 2.26. The fraction of sp³-hybridized carbons (Fsp3) is 0.400. The lowest BCUT2D eigenvalue weighted by atomic mass is 10.1. The van der Waals surface area contributed by atoms with Crippen molar-refractivity contribution in [3.63, 3.8) is 0 Å². The molecule has 0 saturated carbocycles. The van der Waals surface area contributed by atoms with Crippen LogP contribution in [0.25, 0.3) is 11.3 Å². The van der Waals surface area contributed by atoms with Gasteiger partial charge in [-0.2, -0.15) is 5.10 Å². The molecule has 3 rings (SSSR count). The Bertz CT molecular complexity index is 624. The minimum atomic E-state index is -0.264. The number of methoxy groups -OCH3 is 1. The maximum Gasteiger partial charge on any atom is 0.215 e. The highest BCUT2D eigenvalue weighted by Crippen LogP contribution is 2.34. The average Bonchev–Trinajstić information content (AvgIpc) is 2.77. The van der Waals surface area contributed by atoms with Gasteiger partial charge in [-0.05, 0) is 19.1 Å². The van der Waals surface area contributed by atoms with Crippen molar-refractivity contribution >= 4 is 0 Å². The van der Waals surface area contributed by atoms with Crippen molar-refractivity contribution in [1.82, 2.24) is 9.78 Å². The van der Waals surface area contributed by atoms with Crippen molar-refractivity contribution in [2.75, 3.05) is 13.7 Å². The summed E-state index contributed by atoms with van der Waals surface area (Å²) in [6.07, 6.45) is 0.884. The van der Waals surface area contributed by atoms with Gasteiger partial charge in [0.05, 0.1) is 6.61 Å². The fourth-order valence-electron chi connectivity index (χ4n) is 2.53. The summed E-state index contributed by atoms with van der Waals surface area (Å²) in [4.78, 5) is 0. The first kappa shape index (κ1) is 13.1. The zero-order chi connectivity index (χ0) is 14.1. The summed E-state index contributed by atoms with van der Waals surface area (Å²) in [6, 6.07) is 6.67. The van der Waals surface area contributed by atoms with Gasteiger partial charge < -0.3 is 9.47 Å². The van der Waals surface area contributed by atoms with Gasteiger partial charge in [-0.3, -0.25) is 0 Å². The van der Waals surface area contributed by atoms with E-state index in [9.17, 15) is 4.39 Å². The summed E-state index contributed by atoms with van der Waals surface area (Å²) < 4.78 is 26.7. The van der Waals surface area contributed by atoms with Gasteiger partial charge in [0, 0.05) is 31.2 Å². The summed E-state index contributed by atoms with van der Waals surface area (Å²) in [5.41, 5.74) is 2.03. The summed E-state index contributed by atoms with van der Waals surface area (Å²) in [5, 5.41) is 4.49. The van der Waals surface area contributed by atoms with E-state index in [4.69, 9.17) is 9.47 Å².